The van der Waals surface area contributed by atoms with Crippen molar-refractivity contribution in [2.45, 2.75) is 25.9 Å². The number of nitrogens with zero attached hydrogens (tertiary/aromatic N) is 3. The van der Waals surface area contributed by atoms with Gasteiger partial charge in [0.15, 0.2) is 0 Å². The van der Waals surface area contributed by atoms with Crippen LogP contribution in [0.3, 0.4) is 0 Å². The molecule has 1 aromatic heterocycles. The Balaban J connectivity index is 2.26. The number of hydrogen-bond donors (Lipinski definition) is 1. The smallest absolute Gasteiger partial charge is 0.234 e. The Morgan fingerprint density at radius 2 is 2.16 bits per heavy atom. The lowest BCUT2D eigenvalue weighted by Gasteiger charge is -2.23. The number of imidazole rings is 1. The molecule has 5 nitrogen and oxygen atoms in total. The standard InChI is InChI=1S/C14H20N4O/c1-4-11(14(15)19)17(2)9-13-16-10-7-5-6-8-12(10)18(13)3/h5-8,11H,4,9H2,1-3H3,(H2,15,19)/t11-/m0/s1. The number of carbonyl (C=O) groups is 1. The number of benzene rings is 1. The zero-order valence-electron chi connectivity index (χ0n) is 11.6. The van der Waals surface area contributed by atoms with Gasteiger partial charge in [-0.25, -0.2) is 4.98 Å². The molecular weight excluding hydrogens is 240 g/mol. The molecule has 0 aliphatic heterocycles. The van der Waals surface area contributed by atoms with Crippen LogP contribution in [0, 0.1) is 0 Å². The van der Waals surface area contributed by atoms with Crippen LogP contribution in [0.4, 0.5) is 0 Å². The predicted octanol–water partition coefficient (Wildman–Crippen LogP) is 1.27. The summed E-state index contributed by atoms with van der Waals surface area (Å²) in [5.74, 6) is 0.646. The van der Waals surface area contributed by atoms with Crippen LogP contribution in [0.15, 0.2) is 24.3 Å². The number of carbonyl (C=O) groups excluding carboxylic acids is 1. The van der Waals surface area contributed by atoms with Crippen LogP contribution >= 0.6 is 0 Å². The molecule has 2 aromatic rings. The summed E-state index contributed by atoms with van der Waals surface area (Å²) in [6.45, 7) is 2.56. The number of aromatic nitrogens is 2. The van der Waals surface area contributed by atoms with Gasteiger partial charge in [0.05, 0.1) is 23.6 Å². The van der Waals surface area contributed by atoms with Crippen LogP contribution in [-0.4, -0.2) is 33.4 Å². The predicted molar refractivity (Wildman–Crippen MR) is 75.5 cm³/mol. The summed E-state index contributed by atoms with van der Waals surface area (Å²) in [5.41, 5.74) is 7.48. The van der Waals surface area contributed by atoms with E-state index in [2.05, 4.69) is 9.55 Å². The van der Waals surface area contributed by atoms with Crippen LogP contribution in [0.1, 0.15) is 19.2 Å². The van der Waals surface area contributed by atoms with E-state index in [9.17, 15) is 4.79 Å². The summed E-state index contributed by atoms with van der Waals surface area (Å²) >= 11 is 0. The summed E-state index contributed by atoms with van der Waals surface area (Å²) in [4.78, 5) is 17.9. The van der Waals surface area contributed by atoms with Gasteiger partial charge in [-0.2, -0.15) is 0 Å². The number of para-hydroxylation sites is 2. The minimum absolute atomic E-state index is 0.250. The molecule has 0 saturated heterocycles. The summed E-state index contributed by atoms with van der Waals surface area (Å²) in [6, 6.07) is 7.75. The second-order valence-corrected chi connectivity index (χ2v) is 4.82. The fourth-order valence-electron chi connectivity index (χ4n) is 2.40. The normalized spacial score (nSPS) is 13.1. The number of nitrogens with two attached hydrogens (primary N) is 1. The maximum absolute atomic E-state index is 11.4. The first-order valence-electron chi connectivity index (χ1n) is 6.44. The minimum atomic E-state index is -0.288. The van der Waals surface area contributed by atoms with Gasteiger partial charge in [0.25, 0.3) is 0 Å². The molecule has 5 heteroatoms. The van der Waals surface area contributed by atoms with E-state index in [0.717, 1.165) is 16.9 Å². The van der Waals surface area contributed by atoms with Crippen LogP contribution in [0.25, 0.3) is 11.0 Å². The molecule has 0 bridgehead atoms. The zero-order chi connectivity index (χ0) is 14.0. The third kappa shape index (κ3) is 2.61. The van der Waals surface area contributed by atoms with E-state index in [-0.39, 0.29) is 11.9 Å². The fraction of sp³-hybridized carbons (Fsp3) is 0.429. The molecule has 1 aromatic carbocycles. The van der Waals surface area contributed by atoms with Gasteiger partial charge in [-0.15, -0.1) is 0 Å². The molecule has 0 radical (unpaired) electrons. The van der Waals surface area contributed by atoms with E-state index in [4.69, 9.17) is 5.73 Å². The Hall–Kier alpha value is -1.88. The first-order chi connectivity index (χ1) is 9.04. The highest BCUT2D eigenvalue weighted by Gasteiger charge is 2.20. The molecule has 19 heavy (non-hydrogen) atoms. The van der Waals surface area contributed by atoms with Crippen molar-refractivity contribution in [3.8, 4) is 0 Å². The lowest BCUT2D eigenvalue weighted by Crippen LogP contribution is -2.42. The molecule has 1 amide bonds. The molecule has 2 N–H and O–H groups in total. The lowest BCUT2D eigenvalue weighted by molar-refractivity contribution is -0.123. The maximum Gasteiger partial charge on any atom is 0.234 e. The third-order valence-electron chi connectivity index (χ3n) is 3.52. The number of amides is 1. The van der Waals surface area contributed by atoms with Crippen LogP contribution < -0.4 is 5.73 Å². The first-order valence-corrected chi connectivity index (χ1v) is 6.44. The third-order valence-corrected chi connectivity index (χ3v) is 3.52. The van der Waals surface area contributed by atoms with Gasteiger partial charge in [0.1, 0.15) is 5.82 Å². The van der Waals surface area contributed by atoms with Gasteiger partial charge < -0.3 is 10.3 Å². The topological polar surface area (TPSA) is 64.2 Å². The Morgan fingerprint density at radius 1 is 1.47 bits per heavy atom. The molecule has 0 saturated carbocycles. The van der Waals surface area contributed by atoms with Crippen LogP contribution in [-0.2, 0) is 18.4 Å². The highest BCUT2D eigenvalue weighted by molar-refractivity contribution is 5.79. The lowest BCUT2D eigenvalue weighted by atomic mass is 10.2. The molecule has 0 fully saturated rings. The monoisotopic (exact) mass is 260 g/mol. The number of hydrogen-bond acceptors (Lipinski definition) is 3. The second kappa shape index (κ2) is 5.40. The van der Waals surface area contributed by atoms with Gasteiger partial charge in [0.2, 0.25) is 5.91 Å². The molecule has 1 heterocycles. The highest BCUT2D eigenvalue weighted by Crippen LogP contribution is 2.16. The maximum atomic E-state index is 11.4. The minimum Gasteiger partial charge on any atom is -0.368 e. The average molecular weight is 260 g/mol. The van der Waals surface area contributed by atoms with Gasteiger partial charge in [0, 0.05) is 7.05 Å². The van der Waals surface area contributed by atoms with Crippen molar-refractivity contribution < 1.29 is 4.79 Å². The van der Waals surface area contributed by atoms with Crippen molar-refractivity contribution in [2.24, 2.45) is 12.8 Å². The average Bonchev–Trinajstić information content (AvgIpc) is 2.67. The van der Waals surface area contributed by atoms with Gasteiger partial charge in [-0.05, 0) is 25.6 Å². The molecule has 102 valence electrons. The van der Waals surface area contributed by atoms with E-state index in [1.807, 2.05) is 50.2 Å². The van der Waals surface area contributed by atoms with E-state index in [0.29, 0.717) is 13.0 Å². The molecule has 0 aliphatic rings. The van der Waals surface area contributed by atoms with Crippen molar-refractivity contribution in [3.05, 3.63) is 30.1 Å². The first kappa shape index (κ1) is 13.5. The summed E-state index contributed by atoms with van der Waals surface area (Å²) in [5, 5.41) is 0. The van der Waals surface area contributed by atoms with E-state index in [1.165, 1.54) is 0 Å². The molecular formula is C14H20N4O. The van der Waals surface area contributed by atoms with Crippen molar-refractivity contribution >= 4 is 16.9 Å². The molecule has 0 aliphatic carbocycles. The van der Waals surface area contributed by atoms with Gasteiger partial charge in [-0.1, -0.05) is 19.1 Å². The summed E-state index contributed by atoms with van der Waals surface area (Å²) in [6.07, 6.45) is 0.704. The number of aryl methyl sites for hydroxylation is 1. The molecule has 1 atom stereocenters. The van der Waals surface area contributed by atoms with Crippen molar-refractivity contribution in [3.63, 3.8) is 0 Å². The fourth-order valence-corrected chi connectivity index (χ4v) is 2.40. The van der Waals surface area contributed by atoms with Gasteiger partial charge in [-0.3, -0.25) is 9.69 Å². The zero-order valence-corrected chi connectivity index (χ0v) is 11.6. The van der Waals surface area contributed by atoms with Crippen LogP contribution in [0.5, 0.6) is 0 Å². The molecule has 0 unspecified atom stereocenters. The largest absolute Gasteiger partial charge is 0.368 e. The van der Waals surface area contributed by atoms with Gasteiger partial charge >= 0.3 is 0 Å². The van der Waals surface area contributed by atoms with Crippen molar-refractivity contribution in [1.29, 1.82) is 0 Å². The van der Waals surface area contributed by atoms with Crippen molar-refractivity contribution in [2.75, 3.05) is 7.05 Å². The molecule has 0 spiro atoms. The van der Waals surface area contributed by atoms with E-state index < -0.39 is 0 Å². The Morgan fingerprint density at radius 3 is 2.74 bits per heavy atom. The number of likely N-dealkylation sites (N-methyl/N-ethyl adjacent to an activating group) is 1. The molecule has 2 rings (SSSR count). The Bertz CT molecular complexity index is 590. The summed E-state index contributed by atoms with van der Waals surface area (Å²) < 4.78 is 2.06. The quantitative estimate of drug-likeness (QED) is 0.880. The number of primary amides is 1. The number of fused-ring (bicyclic) bond motifs is 1. The summed E-state index contributed by atoms with van der Waals surface area (Å²) in [7, 11) is 3.89. The van der Waals surface area contributed by atoms with E-state index >= 15 is 0 Å². The van der Waals surface area contributed by atoms with Crippen LogP contribution in [0.2, 0.25) is 0 Å². The Labute approximate surface area is 113 Å². The number of rotatable bonds is 5. The highest BCUT2D eigenvalue weighted by atomic mass is 16.1. The van der Waals surface area contributed by atoms with Crippen molar-refractivity contribution in [1.82, 2.24) is 14.5 Å². The van der Waals surface area contributed by atoms with E-state index in [1.54, 1.807) is 0 Å². The Kier molecular flexibility index (Phi) is 3.85. The second-order valence-electron chi connectivity index (χ2n) is 4.82. The SMILES string of the molecule is CC[C@@H](C(N)=O)N(C)Cc1nc2ccccc2n1C.